The van der Waals surface area contributed by atoms with Crippen LogP contribution in [0, 0.1) is 18.3 Å². The number of nitrogens with zero attached hydrogens (tertiary/aromatic N) is 3. The van der Waals surface area contributed by atoms with Gasteiger partial charge in [-0.15, -0.1) is 0 Å². The maximum Gasteiger partial charge on any atom is 0.0994 e. The Morgan fingerprint density at radius 1 is 0.933 bits per heavy atom. The summed E-state index contributed by atoms with van der Waals surface area (Å²) in [7, 11) is 0. The number of hydrogen-bond acceptors (Lipinski definition) is 3. The van der Waals surface area contributed by atoms with Crippen molar-refractivity contribution in [3.8, 4) is 6.07 Å². The monoisotopic (exact) mass is 403 g/mol. The predicted molar refractivity (Wildman–Crippen MR) is 126 cm³/mol. The average Bonchev–Trinajstić information content (AvgIpc) is 2.78. The molecule has 0 spiro atoms. The summed E-state index contributed by atoms with van der Waals surface area (Å²) in [6.45, 7) is 11.6. The fourth-order valence-corrected chi connectivity index (χ4v) is 4.62. The zero-order chi connectivity index (χ0) is 21.2. The van der Waals surface area contributed by atoms with Gasteiger partial charge >= 0.3 is 0 Å². The molecule has 0 saturated carbocycles. The Bertz CT molecular complexity index is 801. The standard InChI is InChI=1S/C27H37N3/c1-3-25(26-13-14-27(22-28)23(2)21-26)12-8-16-30-19-17-29(18-20-30)15-7-11-24-9-5-4-6-10-24/h4-6,9-10,13-14,21,25H,3,7-8,11-12,15-20H2,1-2H3. The van der Waals surface area contributed by atoms with Crippen LogP contribution < -0.4 is 0 Å². The highest BCUT2D eigenvalue weighted by Gasteiger charge is 2.17. The van der Waals surface area contributed by atoms with Crippen LogP contribution in [0.1, 0.15) is 60.8 Å². The molecule has 2 aromatic rings. The van der Waals surface area contributed by atoms with Gasteiger partial charge in [0.2, 0.25) is 0 Å². The topological polar surface area (TPSA) is 30.3 Å². The quantitative estimate of drug-likeness (QED) is 0.533. The summed E-state index contributed by atoms with van der Waals surface area (Å²) < 4.78 is 0. The molecule has 0 N–H and O–H groups in total. The van der Waals surface area contributed by atoms with Crippen molar-refractivity contribution in [2.45, 2.75) is 51.9 Å². The highest BCUT2D eigenvalue weighted by atomic mass is 15.3. The van der Waals surface area contributed by atoms with Gasteiger partial charge in [0, 0.05) is 26.2 Å². The van der Waals surface area contributed by atoms with Crippen LogP contribution in [0.25, 0.3) is 0 Å². The number of aryl methyl sites for hydroxylation is 2. The maximum absolute atomic E-state index is 9.15. The van der Waals surface area contributed by atoms with Gasteiger partial charge in [-0.2, -0.15) is 5.26 Å². The zero-order valence-electron chi connectivity index (χ0n) is 18.8. The maximum atomic E-state index is 9.15. The molecule has 160 valence electrons. The van der Waals surface area contributed by atoms with Crippen molar-refractivity contribution in [1.29, 1.82) is 5.26 Å². The number of hydrogen-bond donors (Lipinski definition) is 0. The van der Waals surface area contributed by atoms with E-state index in [1.807, 2.05) is 13.0 Å². The van der Waals surface area contributed by atoms with Crippen molar-refractivity contribution >= 4 is 0 Å². The smallest absolute Gasteiger partial charge is 0.0994 e. The second-order valence-corrected chi connectivity index (χ2v) is 8.71. The van der Waals surface area contributed by atoms with Crippen molar-refractivity contribution in [3.05, 3.63) is 70.8 Å². The van der Waals surface area contributed by atoms with E-state index in [1.54, 1.807) is 0 Å². The van der Waals surface area contributed by atoms with E-state index in [2.05, 4.69) is 65.3 Å². The first-order chi connectivity index (χ1) is 14.7. The predicted octanol–water partition coefficient (Wildman–Crippen LogP) is 5.39. The van der Waals surface area contributed by atoms with Crippen molar-refractivity contribution < 1.29 is 0 Å². The van der Waals surface area contributed by atoms with Crippen LogP contribution in [0.3, 0.4) is 0 Å². The first-order valence-electron chi connectivity index (χ1n) is 11.7. The molecule has 3 nitrogen and oxygen atoms in total. The number of nitriles is 1. The van der Waals surface area contributed by atoms with E-state index in [1.165, 1.54) is 82.5 Å². The Kier molecular flexibility index (Phi) is 8.93. The molecule has 1 atom stereocenters. The summed E-state index contributed by atoms with van der Waals surface area (Å²) >= 11 is 0. The van der Waals surface area contributed by atoms with Crippen LogP contribution in [-0.2, 0) is 6.42 Å². The minimum atomic E-state index is 0.607. The number of piperazine rings is 1. The molecule has 0 aromatic heterocycles. The van der Waals surface area contributed by atoms with Gasteiger partial charge in [-0.1, -0.05) is 49.4 Å². The molecule has 3 rings (SSSR count). The molecule has 0 bridgehead atoms. The molecule has 1 fully saturated rings. The van der Waals surface area contributed by atoms with E-state index in [4.69, 9.17) is 5.26 Å². The third kappa shape index (κ3) is 6.69. The summed E-state index contributed by atoms with van der Waals surface area (Å²) in [5.74, 6) is 0.607. The molecule has 1 saturated heterocycles. The van der Waals surface area contributed by atoms with E-state index in [9.17, 15) is 0 Å². The largest absolute Gasteiger partial charge is 0.301 e. The van der Waals surface area contributed by atoms with Gasteiger partial charge in [-0.25, -0.2) is 0 Å². The molecule has 1 aliphatic rings. The summed E-state index contributed by atoms with van der Waals surface area (Å²) in [5.41, 5.74) is 4.77. The van der Waals surface area contributed by atoms with E-state index >= 15 is 0 Å². The third-order valence-electron chi connectivity index (χ3n) is 6.61. The molecular weight excluding hydrogens is 366 g/mol. The van der Waals surface area contributed by atoms with Crippen LogP contribution in [0.15, 0.2) is 48.5 Å². The second kappa shape index (κ2) is 11.9. The zero-order valence-corrected chi connectivity index (χ0v) is 18.8. The van der Waals surface area contributed by atoms with E-state index in [-0.39, 0.29) is 0 Å². The molecule has 2 aromatic carbocycles. The Morgan fingerprint density at radius 2 is 1.60 bits per heavy atom. The van der Waals surface area contributed by atoms with Crippen molar-refractivity contribution in [2.75, 3.05) is 39.3 Å². The highest BCUT2D eigenvalue weighted by Crippen LogP contribution is 2.26. The molecule has 0 amide bonds. The first kappa shape index (κ1) is 22.5. The first-order valence-corrected chi connectivity index (χ1v) is 11.7. The Hall–Kier alpha value is -2.15. The molecule has 30 heavy (non-hydrogen) atoms. The van der Waals surface area contributed by atoms with Gasteiger partial charge in [0.25, 0.3) is 0 Å². The number of benzene rings is 2. The third-order valence-corrected chi connectivity index (χ3v) is 6.61. The molecule has 1 aliphatic heterocycles. The lowest BCUT2D eigenvalue weighted by Gasteiger charge is -2.35. The minimum Gasteiger partial charge on any atom is -0.301 e. The van der Waals surface area contributed by atoms with Gasteiger partial charge in [0.1, 0.15) is 0 Å². The van der Waals surface area contributed by atoms with Crippen molar-refractivity contribution in [3.63, 3.8) is 0 Å². The van der Waals surface area contributed by atoms with E-state index in [0.29, 0.717) is 5.92 Å². The van der Waals surface area contributed by atoms with Gasteiger partial charge in [0.05, 0.1) is 11.6 Å². The van der Waals surface area contributed by atoms with Gasteiger partial charge in [0.15, 0.2) is 0 Å². The minimum absolute atomic E-state index is 0.607. The lowest BCUT2D eigenvalue weighted by Crippen LogP contribution is -2.46. The summed E-state index contributed by atoms with van der Waals surface area (Å²) in [4.78, 5) is 5.28. The average molecular weight is 404 g/mol. The van der Waals surface area contributed by atoms with Crippen LogP contribution in [0.4, 0.5) is 0 Å². The Labute approximate surface area is 183 Å². The fraction of sp³-hybridized carbons (Fsp3) is 0.519. The second-order valence-electron chi connectivity index (χ2n) is 8.71. The van der Waals surface area contributed by atoms with Gasteiger partial charge in [-0.05, 0) is 80.8 Å². The van der Waals surface area contributed by atoms with E-state index < -0.39 is 0 Å². The molecule has 1 heterocycles. The molecule has 3 heteroatoms. The summed E-state index contributed by atoms with van der Waals surface area (Å²) in [6, 6.07) is 19.5. The van der Waals surface area contributed by atoms with Crippen LogP contribution in [-0.4, -0.2) is 49.1 Å². The molecule has 1 unspecified atom stereocenters. The Balaban J connectivity index is 1.34. The highest BCUT2D eigenvalue weighted by molar-refractivity contribution is 5.40. The lowest BCUT2D eigenvalue weighted by atomic mass is 9.90. The molecule has 0 aliphatic carbocycles. The molecule has 0 radical (unpaired) electrons. The fourth-order valence-electron chi connectivity index (χ4n) is 4.62. The Morgan fingerprint density at radius 3 is 2.20 bits per heavy atom. The van der Waals surface area contributed by atoms with Crippen molar-refractivity contribution in [2.24, 2.45) is 0 Å². The molecular formula is C27H37N3. The van der Waals surface area contributed by atoms with Crippen molar-refractivity contribution in [1.82, 2.24) is 9.80 Å². The van der Waals surface area contributed by atoms with Crippen LogP contribution in [0.2, 0.25) is 0 Å². The lowest BCUT2D eigenvalue weighted by molar-refractivity contribution is 0.129. The number of rotatable bonds is 10. The normalized spacial score (nSPS) is 16.3. The van der Waals surface area contributed by atoms with Gasteiger partial charge in [-0.3, -0.25) is 0 Å². The van der Waals surface area contributed by atoms with Gasteiger partial charge < -0.3 is 9.80 Å². The van der Waals surface area contributed by atoms with Crippen LogP contribution in [0.5, 0.6) is 0 Å². The SMILES string of the molecule is CCC(CCCN1CCN(CCCc2ccccc2)CC1)c1ccc(C#N)c(C)c1. The van der Waals surface area contributed by atoms with Crippen LogP contribution >= 0.6 is 0 Å². The summed E-state index contributed by atoms with van der Waals surface area (Å²) in [5, 5.41) is 9.15. The van der Waals surface area contributed by atoms with E-state index in [0.717, 1.165) is 11.1 Å². The summed E-state index contributed by atoms with van der Waals surface area (Å²) in [6.07, 6.45) is 6.10.